The van der Waals surface area contributed by atoms with Gasteiger partial charge in [0.05, 0.1) is 11.2 Å². The van der Waals surface area contributed by atoms with Crippen molar-refractivity contribution in [1.82, 2.24) is 19.4 Å². The second kappa shape index (κ2) is 7.82. The molecule has 0 fully saturated rings. The maximum absolute atomic E-state index is 13.0. The Morgan fingerprint density at radius 2 is 2.00 bits per heavy atom. The molecule has 1 aliphatic rings. The highest BCUT2D eigenvalue weighted by molar-refractivity contribution is 5.88. The van der Waals surface area contributed by atoms with Crippen LogP contribution in [0.25, 0.3) is 27.7 Å². The van der Waals surface area contributed by atoms with E-state index < -0.39 is 0 Å². The van der Waals surface area contributed by atoms with Crippen molar-refractivity contribution in [2.45, 2.75) is 39.2 Å². The quantitative estimate of drug-likeness (QED) is 0.529. The summed E-state index contributed by atoms with van der Waals surface area (Å²) >= 11 is 0. The Morgan fingerprint density at radius 3 is 2.74 bits per heavy atom. The molecule has 5 rings (SSSR count). The van der Waals surface area contributed by atoms with Crippen LogP contribution in [0.4, 0.5) is 0 Å². The van der Waals surface area contributed by atoms with Gasteiger partial charge in [-0.1, -0.05) is 25.5 Å². The highest BCUT2D eigenvalue weighted by Gasteiger charge is 2.25. The van der Waals surface area contributed by atoms with E-state index in [1.165, 1.54) is 22.2 Å². The first-order chi connectivity index (χ1) is 15.1. The number of aromatic nitrogens is 3. The van der Waals surface area contributed by atoms with Gasteiger partial charge in [-0.15, -0.1) is 0 Å². The molecule has 5 nitrogen and oxygen atoms in total. The third kappa shape index (κ3) is 3.39. The molecule has 158 valence electrons. The Hall–Kier alpha value is -3.18. The Bertz CT molecular complexity index is 1310. The Labute approximate surface area is 182 Å². The van der Waals surface area contributed by atoms with Gasteiger partial charge < -0.3 is 9.88 Å². The van der Waals surface area contributed by atoms with Gasteiger partial charge in [0.25, 0.3) is 5.56 Å². The lowest BCUT2D eigenvalue weighted by molar-refractivity contribution is 0.466. The number of hydrogen-bond acceptors (Lipinski definition) is 3. The Balaban J connectivity index is 1.58. The fourth-order valence-electron chi connectivity index (χ4n) is 4.86. The van der Waals surface area contributed by atoms with Crippen LogP contribution in [0.2, 0.25) is 0 Å². The molecule has 1 atom stereocenters. The van der Waals surface area contributed by atoms with Crippen molar-refractivity contribution in [2.75, 3.05) is 6.54 Å². The maximum atomic E-state index is 13.0. The van der Waals surface area contributed by atoms with E-state index in [1.807, 2.05) is 37.5 Å². The monoisotopic (exact) mass is 412 g/mol. The van der Waals surface area contributed by atoms with Gasteiger partial charge in [0.15, 0.2) is 0 Å². The summed E-state index contributed by atoms with van der Waals surface area (Å²) in [5.41, 5.74) is 7.70. The van der Waals surface area contributed by atoms with E-state index >= 15 is 0 Å². The number of aryl methyl sites for hydroxylation is 2. The van der Waals surface area contributed by atoms with Gasteiger partial charge in [0.1, 0.15) is 0 Å². The zero-order valence-corrected chi connectivity index (χ0v) is 18.4. The van der Waals surface area contributed by atoms with E-state index in [4.69, 9.17) is 0 Å². The summed E-state index contributed by atoms with van der Waals surface area (Å²) in [7, 11) is 2.15. The maximum Gasteiger partial charge on any atom is 0.255 e. The minimum absolute atomic E-state index is 0.0399. The molecule has 1 aromatic carbocycles. The van der Waals surface area contributed by atoms with E-state index in [-0.39, 0.29) is 5.56 Å². The van der Waals surface area contributed by atoms with Crippen molar-refractivity contribution in [3.05, 3.63) is 82.2 Å². The number of pyridine rings is 2. The fraction of sp³-hybridized carbons (Fsp3) is 0.308. The highest BCUT2D eigenvalue weighted by atomic mass is 16.1. The molecule has 0 amide bonds. The number of nitrogens with one attached hydrogen (secondary N) is 1. The molecule has 31 heavy (non-hydrogen) atoms. The summed E-state index contributed by atoms with van der Waals surface area (Å²) in [6, 6.07) is 14.4. The molecular weight excluding hydrogens is 384 g/mol. The van der Waals surface area contributed by atoms with E-state index in [9.17, 15) is 4.79 Å². The molecule has 1 unspecified atom stereocenters. The molecule has 0 saturated carbocycles. The third-order valence-corrected chi connectivity index (χ3v) is 6.47. The normalized spacial score (nSPS) is 15.9. The van der Waals surface area contributed by atoms with E-state index in [0.717, 1.165) is 48.3 Å². The van der Waals surface area contributed by atoms with Crippen molar-refractivity contribution in [3.63, 3.8) is 0 Å². The Kier molecular flexibility index (Phi) is 4.98. The van der Waals surface area contributed by atoms with Crippen LogP contribution >= 0.6 is 0 Å². The lowest BCUT2D eigenvalue weighted by Gasteiger charge is -2.25. The van der Waals surface area contributed by atoms with Gasteiger partial charge in [-0.25, -0.2) is 0 Å². The third-order valence-electron chi connectivity index (χ3n) is 6.47. The minimum Gasteiger partial charge on any atom is -0.347 e. The van der Waals surface area contributed by atoms with Crippen LogP contribution in [0.3, 0.4) is 0 Å². The number of nitrogens with zero attached hydrogens (tertiary/aromatic N) is 3. The topological polar surface area (TPSA) is 51.9 Å². The molecule has 0 spiro atoms. The summed E-state index contributed by atoms with van der Waals surface area (Å²) in [6.45, 7) is 5.21. The average Bonchev–Trinajstić information content (AvgIpc) is 3.07. The van der Waals surface area contributed by atoms with Crippen LogP contribution in [0.5, 0.6) is 0 Å². The summed E-state index contributed by atoms with van der Waals surface area (Å²) in [5.74, 6) is 0. The smallest absolute Gasteiger partial charge is 0.255 e. The number of benzene rings is 1. The van der Waals surface area contributed by atoms with Gasteiger partial charge in [0.2, 0.25) is 0 Å². The average molecular weight is 413 g/mol. The second-order valence-electron chi connectivity index (χ2n) is 8.48. The van der Waals surface area contributed by atoms with Crippen molar-refractivity contribution in [2.24, 2.45) is 7.05 Å². The number of rotatable bonds is 4. The summed E-state index contributed by atoms with van der Waals surface area (Å²) < 4.78 is 4.04. The van der Waals surface area contributed by atoms with Gasteiger partial charge in [-0.2, -0.15) is 0 Å². The van der Waals surface area contributed by atoms with Crippen LogP contribution in [0.15, 0.2) is 59.7 Å². The van der Waals surface area contributed by atoms with Crippen molar-refractivity contribution in [1.29, 1.82) is 0 Å². The zero-order chi connectivity index (χ0) is 21.5. The Morgan fingerprint density at radius 1 is 1.13 bits per heavy atom. The van der Waals surface area contributed by atoms with Crippen molar-refractivity contribution >= 4 is 10.9 Å². The summed E-state index contributed by atoms with van der Waals surface area (Å²) in [6.07, 6.45) is 7.01. The van der Waals surface area contributed by atoms with Crippen LogP contribution < -0.4 is 10.9 Å². The molecule has 0 radical (unpaired) electrons. The molecule has 4 heterocycles. The van der Waals surface area contributed by atoms with Crippen molar-refractivity contribution < 1.29 is 0 Å². The highest BCUT2D eigenvalue weighted by Crippen LogP contribution is 2.36. The molecule has 1 N–H and O–H groups in total. The molecular formula is C26H28N4O. The molecule has 5 heteroatoms. The predicted octanol–water partition coefficient (Wildman–Crippen LogP) is 4.69. The van der Waals surface area contributed by atoms with Gasteiger partial charge >= 0.3 is 0 Å². The van der Waals surface area contributed by atoms with E-state index in [2.05, 4.69) is 47.0 Å². The van der Waals surface area contributed by atoms with E-state index in [0.29, 0.717) is 6.04 Å². The van der Waals surface area contributed by atoms with Crippen LogP contribution in [0.1, 0.15) is 42.8 Å². The first kappa shape index (κ1) is 19.8. The lowest BCUT2D eigenvalue weighted by atomic mass is 9.94. The van der Waals surface area contributed by atoms with Gasteiger partial charge in [-0.3, -0.25) is 14.3 Å². The van der Waals surface area contributed by atoms with Crippen LogP contribution in [-0.4, -0.2) is 20.7 Å². The van der Waals surface area contributed by atoms with Crippen molar-refractivity contribution in [3.8, 4) is 16.8 Å². The first-order valence-corrected chi connectivity index (χ1v) is 11.1. The summed E-state index contributed by atoms with van der Waals surface area (Å²) in [5, 5.41) is 4.98. The lowest BCUT2D eigenvalue weighted by Crippen LogP contribution is -2.30. The predicted molar refractivity (Wildman–Crippen MR) is 126 cm³/mol. The number of hydrogen-bond donors (Lipinski definition) is 1. The van der Waals surface area contributed by atoms with Crippen LogP contribution in [0, 0.1) is 6.92 Å². The molecule has 0 aliphatic carbocycles. The standard InChI is InChI=1S/C26H28N4O/c1-4-5-22-26-21-9-8-20(15-24(21)29(3)23(26)10-12-27-22)30-13-11-18(14-25(30)31)19-7-6-17(2)28-16-19/h6-9,11,13-16,22,27H,4-5,10,12H2,1-3H3. The molecule has 0 bridgehead atoms. The molecule has 1 aliphatic heterocycles. The van der Waals surface area contributed by atoms with Crippen LogP contribution in [-0.2, 0) is 13.5 Å². The molecule has 4 aromatic rings. The molecule has 3 aromatic heterocycles. The fourth-order valence-corrected chi connectivity index (χ4v) is 4.86. The number of fused-ring (bicyclic) bond motifs is 3. The van der Waals surface area contributed by atoms with Gasteiger partial charge in [-0.05, 0) is 48.7 Å². The molecule has 0 saturated heterocycles. The largest absolute Gasteiger partial charge is 0.347 e. The second-order valence-corrected chi connectivity index (χ2v) is 8.48. The first-order valence-electron chi connectivity index (χ1n) is 11.1. The van der Waals surface area contributed by atoms with Gasteiger partial charge in [0, 0.05) is 66.9 Å². The SMILES string of the molecule is CCCC1NCCc2c1c1ccc(-n3ccc(-c4ccc(C)nc4)cc3=O)cc1n2C. The minimum atomic E-state index is -0.0399. The zero-order valence-electron chi connectivity index (χ0n) is 18.4. The summed E-state index contributed by atoms with van der Waals surface area (Å²) in [4.78, 5) is 17.3. The van der Waals surface area contributed by atoms with E-state index in [1.54, 1.807) is 10.6 Å².